The van der Waals surface area contributed by atoms with E-state index >= 15 is 0 Å². The van der Waals surface area contributed by atoms with E-state index in [1.165, 1.54) is 32.1 Å². The number of benzene rings is 1. The zero-order valence-corrected chi connectivity index (χ0v) is 18.1. The molecule has 3 heterocycles. The highest BCUT2D eigenvalue weighted by Crippen LogP contribution is 2.35. The fourth-order valence-electron chi connectivity index (χ4n) is 3.98. The first kappa shape index (κ1) is 20.0. The Hall–Kier alpha value is -2.90. The number of nitrogens with two attached hydrogens (primary N) is 1. The largest absolute Gasteiger partial charge is 0.383 e. The summed E-state index contributed by atoms with van der Waals surface area (Å²) in [6.45, 7) is 0. The van der Waals surface area contributed by atoms with Crippen LogP contribution in [0.3, 0.4) is 0 Å². The number of hydrogen-bond donors (Lipinski definition) is 1. The van der Waals surface area contributed by atoms with E-state index in [0.717, 1.165) is 11.1 Å². The average Bonchev–Trinajstić information content (AvgIpc) is 3.45. The molecule has 0 saturated heterocycles. The summed E-state index contributed by atoms with van der Waals surface area (Å²) in [5.74, 6) is 0.835. The van der Waals surface area contributed by atoms with Crippen LogP contribution in [0.15, 0.2) is 47.4 Å². The molecule has 4 aromatic rings. The summed E-state index contributed by atoms with van der Waals surface area (Å²) >= 11 is 12.5. The fourth-order valence-corrected chi connectivity index (χ4v) is 4.55. The van der Waals surface area contributed by atoms with Gasteiger partial charge in [-0.2, -0.15) is 10.1 Å². The number of rotatable bonds is 4. The average molecular weight is 455 g/mol. The summed E-state index contributed by atoms with van der Waals surface area (Å²) in [6.07, 6.45) is 11.8. The smallest absolute Gasteiger partial charge is 0.262 e. The van der Waals surface area contributed by atoms with Crippen molar-refractivity contribution in [2.45, 2.75) is 38.1 Å². The number of hydrogen-bond acceptors (Lipinski definition) is 6. The van der Waals surface area contributed by atoms with Gasteiger partial charge in [-0.15, -0.1) is 0 Å². The Balaban J connectivity index is 1.47. The van der Waals surface area contributed by atoms with Crippen molar-refractivity contribution in [2.24, 2.45) is 0 Å². The lowest BCUT2D eigenvalue weighted by Gasteiger charge is -2.21. The Bertz CT molecular complexity index is 1210. The van der Waals surface area contributed by atoms with Crippen molar-refractivity contribution in [2.75, 3.05) is 5.73 Å². The number of aromatic nitrogens is 5. The van der Waals surface area contributed by atoms with Gasteiger partial charge in [-0.05, 0) is 31.0 Å². The van der Waals surface area contributed by atoms with E-state index in [2.05, 4.69) is 31.1 Å². The van der Waals surface area contributed by atoms with Crippen LogP contribution in [0.25, 0.3) is 34.0 Å². The van der Waals surface area contributed by atoms with E-state index in [9.17, 15) is 0 Å². The van der Waals surface area contributed by atoms with E-state index in [4.69, 9.17) is 33.5 Å². The van der Waals surface area contributed by atoms with Gasteiger partial charge in [0.2, 0.25) is 5.82 Å². The summed E-state index contributed by atoms with van der Waals surface area (Å²) in [6, 6.07) is 7.55. The lowest BCUT2D eigenvalue weighted by atomic mass is 9.96. The predicted molar refractivity (Wildman–Crippen MR) is 121 cm³/mol. The van der Waals surface area contributed by atoms with E-state index in [1.54, 1.807) is 24.4 Å². The third-order valence-electron chi connectivity index (χ3n) is 5.64. The molecule has 0 aliphatic heterocycles. The molecule has 1 aromatic carbocycles. The molecule has 3 aromatic heterocycles. The minimum Gasteiger partial charge on any atom is -0.383 e. The molecule has 158 valence electrons. The monoisotopic (exact) mass is 454 g/mol. The molecule has 0 atom stereocenters. The number of anilines is 1. The molecular weight excluding hydrogens is 435 g/mol. The molecule has 1 aliphatic rings. The summed E-state index contributed by atoms with van der Waals surface area (Å²) in [4.78, 5) is 8.79. The summed E-state index contributed by atoms with van der Waals surface area (Å²) in [7, 11) is 0. The van der Waals surface area contributed by atoms with Gasteiger partial charge in [-0.3, -0.25) is 4.68 Å². The Morgan fingerprint density at radius 1 is 1.03 bits per heavy atom. The minimum atomic E-state index is 0.248. The van der Waals surface area contributed by atoms with Crippen molar-refractivity contribution in [1.82, 2.24) is 24.9 Å². The van der Waals surface area contributed by atoms with Gasteiger partial charge < -0.3 is 10.3 Å². The van der Waals surface area contributed by atoms with Gasteiger partial charge in [-0.1, -0.05) is 53.7 Å². The van der Waals surface area contributed by atoms with E-state index in [1.807, 2.05) is 12.3 Å². The number of pyridine rings is 1. The first-order chi connectivity index (χ1) is 15.1. The molecule has 9 heteroatoms. The van der Waals surface area contributed by atoms with Gasteiger partial charge in [0, 0.05) is 23.5 Å². The van der Waals surface area contributed by atoms with Gasteiger partial charge >= 0.3 is 0 Å². The van der Waals surface area contributed by atoms with Crippen molar-refractivity contribution >= 4 is 29.0 Å². The maximum atomic E-state index is 6.27. The Morgan fingerprint density at radius 2 is 1.81 bits per heavy atom. The lowest BCUT2D eigenvalue weighted by Crippen LogP contribution is -2.12. The summed E-state index contributed by atoms with van der Waals surface area (Å²) in [5, 5.41) is 9.50. The van der Waals surface area contributed by atoms with Crippen LogP contribution in [0.5, 0.6) is 0 Å². The second kappa shape index (κ2) is 8.32. The molecular formula is C22H20Cl2N6O. The Morgan fingerprint density at radius 3 is 2.58 bits per heavy atom. The molecule has 0 amide bonds. The van der Waals surface area contributed by atoms with Crippen LogP contribution in [0.2, 0.25) is 10.0 Å². The lowest BCUT2D eigenvalue weighted by molar-refractivity contribution is 0.329. The molecule has 1 saturated carbocycles. The zero-order chi connectivity index (χ0) is 21.4. The quantitative estimate of drug-likeness (QED) is 0.402. The highest BCUT2D eigenvalue weighted by molar-refractivity contribution is 6.38. The fraction of sp³-hybridized carbons (Fsp3) is 0.273. The summed E-state index contributed by atoms with van der Waals surface area (Å²) in [5.41, 5.74) is 9.02. The molecule has 0 radical (unpaired) electrons. The number of halogens is 2. The molecule has 1 fully saturated rings. The number of nitrogen functional groups attached to an aromatic ring is 1. The first-order valence-electron chi connectivity index (χ1n) is 10.2. The van der Waals surface area contributed by atoms with Crippen molar-refractivity contribution in [3.8, 4) is 34.0 Å². The van der Waals surface area contributed by atoms with Gasteiger partial charge in [0.1, 0.15) is 5.82 Å². The van der Waals surface area contributed by atoms with Crippen molar-refractivity contribution < 1.29 is 4.52 Å². The zero-order valence-electron chi connectivity index (χ0n) is 16.6. The molecule has 5 rings (SSSR count). The number of nitrogens with zero attached hydrogens (tertiary/aromatic N) is 5. The first-order valence-corrected chi connectivity index (χ1v) is 10.9. The van der Waals surface area contributed by atoms with Crippen LogP contribution >= 0.6 is 23.2 Å². The molecule has 0 unspecified atom stereocenters. The maximum Gasteiger partial charge on any atom is 0.262 e. The van der Waals surface area contributed by atoms with Crippen LogP contribution in [-0.2, 0) is 0 Å². The van der Waals surface area contributed by atoms with Gasteiger partial charge in [-0.25, -0.2) is 4.98 Å². The van der Waals surface area contributed by atoms with Crippen LogP contribution < -0.4 is 5.73 Å². The standard InChI is InChI=1S/C22H20Cl2N6O/c23-17-7-4-8-18(24)19(17)21-28-22(31-29-21)16-9-13(10-26-20(16)25)14-11-27-30(12-14)15-5-2-1-3-6-15/h4,7-12,15H,1-3,5-6H2,(H2,25,26). The second-order valence-corrected chi connectivity index (χ2v) is 8.49. The van der Waals surface area contributed by atoms with Gasteiger partial charge in [0.15, 0.2) is 0 Å². The highest BCUT2D eigenvalue weighted by atomic mass is 35.5. The molecule has 0 bridgehead atoms. The normalized spacial score (nSPS) is 14.8. The molecule has 1 aliphatic carbocycles. The van der Waals surface area contributed by atoms with E-state index in [0.29, 0.717) is 38.9 Å². The third kappa shape index (κ3) is 3.91. The topological polar surface area (TPSA) is 95.7 Å². The Kier molecular flexibility index (Phi) is 5.38. The van der Waals surface area contributed by atoms with E-state index < -0.39 is 0 Å². The minimum absolute atomic E-state index is 0.248. The van der Waals surface area contributed by atoms with Crippen molar-refractivity contribution in [3.63, 3.8) is 0 Å². The summed E-state index contributed by atoms with van der Waals surface area (Å²) < 4.78 is 7.53. The molecule has 0 spiro atoms. The Labute approximate surface area is 189 Å². The molecule has 31 heavy (non-hydrogen) atoms. The third-order valence-corrected chi connectivity index (χ3v) is 6.27. The second-order valence-electron chi connectivity index (χ2n) is 7.68. The van der Waals surface area contributed by atoms with Gasteiger partial charge in [0.25, 0.3) is 5.89 Å². The van der Waals surface area contributed by atoms with Crippen LogP contribution in [0.1, 0.15) is 38.1 Å². The SMILES string of the molecule is Nc1ncc(-c2cnn(C3CCCCC3)c2)cc1-c1nc(-c2c(Cl)cccc2Cl)no1. The van der Waals surface area contributed by atoms with Crippen LogP contribution in [0, 0.1) is 0 Å². The molecule has 2 N–H and O–H groups in total. The van der Waals surface area contributed by atoms with Crippen LogP contribution in [-0.4, -0.2) is 24.9 Å². The highest BCUT2D eigenvalue weighted by Gasteiger charge is 2.20. The molecule has 7 nitrogen and oxygen atoms in total. The van der Waals surface area contributed by atoms with Gasteiger partial charge in [0.05, 0.1) is 33.4 Å². The van der Waals surface area contributed by atoms with Crippen molar-refractivity contribution in [1.29, 1.82) is 0 Å². The van der Waals surface area contributed by atoms with Crippen LogP contribution in [0.4, 0.5) is 5.82 Å². The van der Waals surface area contributed by atoms with Crippen molar-refractivity contribution in [3.05, 3.63) is 52.9 Å². The maximum absolute atomic E-state index is 6.27. The predicted octanol–water partition coefficient (Wildman–Crippen LogP) is 6.06. The van der Waals surface area contributed by atoms with E-state index in [-0.39, 0.29) is 5.89 Å².